The van der Waals surface area contributed by atoms with Gasteiger partial charge in [-0.05, 0) is 41.8 Å². The monoisotopic (exact) mass is 376 g/mol. The average molecular weight is 376 g/mol. The van der Waals surface area contributed by atoms with Crippen LogP contribution in [-0.2, 0) is 0 Å². The number of nitrogens with zero attached hydrogens (tertiary/aromatic N) is 3. The van der Waals surface area contributed by atoms with Gasteiger partial charge >= 0.3 is 5.88 Å². The van der Waals surface area contributed by atoms with Crippen LogP contribution in [0.1, 0.15) is 5.76 Å². The maximum atomic E-state index is 10.6. The van der Waals surface area contributed by atoms with Gasteiger partial charge < -0.3 is 14.5 Å². The van der Waals surface area contributed by atoms with Crippen LogP contribution in [0, 0.1) is 10.1 Å². The Morgan fingerprint density at radius 3 is 2.76 bits per heavy atom. The molecule has 10 heteroatoms. The highest BCUT2D eigenvalue weighted by Gasteiger charge is 2.10. The van der Waals surface area contributed by atoms with Gasteiger partial charge in [-0.1, -0.05) is 23.1 Å². The van der Waals surface area contributed by atoms with Gasteiger partial charge in [-0.3, -0.25) is 10.1 Å². The maximum Gasteiger partial charge on any atom is 0.433 e. The van der Waals surface area contributed by atoms with Crippen LogP contribution in [0.5, 0.6) is 5.75 Å². The zero-order valence-corrected chi connectivity index (χ0v) is 14.5. The first kappa shape index (κ1) is 17.0. The highest BCUT2D eigenvalue weighted by molar-refractivity contribution is 8.03. The van der Waals surface area contributed by atoms with Gasteiger partial charge in [-0.15, -0.1) is 10.2 Å². The first-order valence-electron chi connectivity index (χ1n) is 6.96. The Balaban J connectivity index is 1.57. The van der Waals surface area contributed by atoms with Crippen molar-refractivity contribution in [3.8, 4) is 5.75 Å². The Bertz CT molecular complexity index is 889. The van der Waals surface area contributed by atoms with Crippen molar-refractivity contribution in [1.29, 1.82) is 0 Å². The van der Waals surface area contributed by atoms with Crippen LogP contribution >= 0.6 is 23.1 Å². The van der Waals surface area contributed by atoms with Crippen molar-refractivity contribution in [2.24, 2.45) is 0 Å². The number of rotatable bonds is 7. The molecule has 25 heavy (non-hydrogen) atoms. The fraction of sp³-hybridized carbons (Fsp3) is 0.0667. The van der Waals surface area contributed by atoms with Gasteiger partial charge in [0.15, 0.2) is 4.34 Å². The topological polar surface area (TPSA) is 103 Å². The van der Waals surface area contributed by atoms with E-state index in [0.717, 1.165) is 15.8 Å². The summed E-state index contributed by atoms with van der Waals surface area (Å²) in [5, 5.41) is 24.2. The van der Waals surface area contributed by atoms with Crippen molar-refractivity contribution in [2.75, 3.05) is 12.4 Å². The van der Waals surface area contributed by atoms with Gasteiger partial charge in [0, 0.05) is 5.69 Å². The minimum Gasteiger partial charge on any atom is -0.497 e. The molecule has 3 aromatic rings. The summed E-state index contributed by atoms with van der Waals surface area (Å²) in [7, 11) is 1.62. The third-order valence-corrected chi connectivity index (χ3v) is 4.67. The largest absolute Gasteiger partial charge is 0.497 e. The SMILES string of the molecule is COc1ccc(Nc2nnc(S/C=C/c3ccc([N+](=O)[O-])o3)s2)cc1. The average Bonchev–Trinajstić information content (AvgIpc) is 3.25. The molecule has 0 aliphatic carbocycles. The molecule has 0 saturated carbocycles. The molecule has 2 heterocycles. The molecule has 128 valence electrons. The van der Waals surface area contributed by atoms with Gasteiger partial charge in [-0.2, -0.15) is 0 Å². The molecule has 1 aromatic carbocycles. The first-order valence-corrected chi connectivity index (χ1v) is 8.65. The zero-order chi connectivity index (χ0) is 17.6. The van der Waals surface area contributed by atoms with E-state index in [-0.39, 0.29) is 5.88 Å². The van der Waals surface area contributed by atoms with Crippen molar-refractivity contribution < 1.29 is 14.1 Å². The maximum absolute atomic E-state index is 10.6. The number of methoxy groups -OCH3 is 1. The van der Waals surface area contributed by atoms with E-state index in [1.54, 1.807) is 18.6 Å². The van der Waals surface area contributed by atoms with Crippen LogP contribution in [0.3, 0.4) is 0 Å². The molecule has 0 unspecified atom stereocenters. The number of hydrogen-bond donors (Lipinski definition) is 1. The number of benzene rings is 1. The molecule has 0 aliphatic rings. The summed E-state index contributed by atoms with van der Waals surface area (Å²) in [5.41, 5.74) is 0.881. The fourth-order valence-electron chi connectivity index (χ4n) is 1.79. The molecule has 0 atom stereocenters. The van der Waals surface area contributed by atoms with Crippen molar-refractivity contribution in [2.45, 2.75) is 4.34 Å². The van der Waals surface area contributed by atoms with Crippen molar-refractivity contribution in [3.05, 3.63) is 57.7 Å². The normalized spacial score (nSPS) is 10.9. The molecular formula is C15H12N4O4S2. The van der Waals surface area contributed by atoms with E-state index < -0.39 is 4.92 Å². The van der Waals surface area contributed by atoms with E-state index in [1.807, 2.05) is 24.3 Å². The van der Waals surface area contributed by atoms with E-state index >= 15 is 0 Å². The number of thioether (sulfide) groups is 1. The lowest BCUT2D eigenvalue weighted by Gasteiger charge is -2.03. The second kappa shape index (κ2) is 7.81. The second-order valence-electron chi connectivity index (χ2n) is 4.58. The molecule has 0 spiro atoms. The van der Waals surface area contributed by atoms with Gasteiger partial charge in [0.2, 0.25) is 5.13 Å². The van der Waals surface area contributed by atoms with Crippen LogP contribution in [0.15, 0.2) is 50.6 Å². The number of aromatic nitrogens is 2. The summed E-state index contributed by atoms with van der Waals surface area (Å²) in [6.07, 6.45) is 1.63. The summed E-state index contributed by atoms with van der Waals surface area (Å²) in [6, 6.07) is 10.3. The Labute approximate surface area is 150 Å². The predicted molar refractivity (Wildman–Crippen MR) is 96.4 cm³/mol. The molecule has 8 nitrogen and oxygen atoms in total. The lowest BCUT2D eigenvalue weighted by atomic mass is 10.3. The summed E-state index contributed by atoms with van der Waals surface area (Å²) in [5.74, 6) is 0.897. The van der Waals surface area contributed by atoms with Crippen molar-refractivity contribution >= 4 is 45.9 Å². The fourth-order valence-corrected chi connectivity index (χ4v) is 3.29. The molecule has 0 amide bonds. The van der Waals surface area contributed by atoms with E-state index in [9.17, 15) is 10.1 Å². The number of ether oxygens (including phenoxy) is 1. The Morgan fingerprint density at radius 2 is 2.08 bits per heavy atom. The smallest absolute Gasteiger partial charge is 0.433 e. The van der Waals surface area contributed by atoms with E-state index in [2.05, 4.69) is 15.5 Å². The highest BCUT2D eigenvalue weighted by atomic mass is 32.2. The van der Waals surface area contributed by atoms with Gasteiger partial charge in [0.05, 0.1) is 13.2 Å². The van der Waals surface area contributed by atoms with Gasteiger partial charge in [-0.25, -0.2) is 0 Å². The molecule has 0 radical (unpaired) electrons. The Morgan fingerprint density at radius 1 is 1.28 bits per heavy atom. The molecule has 1 N–H and O–H groups in total. The quantitative estimate of drug-likeness (QED) is 0.364. The lowest BCUT2D eigenvalue weighted by Crippen LogP contribution is -1.89. The number of nitro groups is 1. The predicted octanol–water partition coefficient (Wildman–Crippen LogP) is 4.55. The molecule has 3 rings (SSSR count). The number of hydrogen-bond acceptors (Lipinski definition) is 9. The summed E-state index contributed by atoms with van der Waals surface area (Å²) in [4.78, 5) is 9.97. The van der Waals surface area contributed by atoms with Crippen LogP contribution in [0.4, 0.5) is 16.7 Å². The third-order valence-electron chi connectivity index (χ3n) is 2.94. The Hall–Kier alpha value is -2.85. The van der Waals surface area contributed by atoms with E-state index in [1.165, 1.54) is 35.2 Å². The minimum atomic E-state index is -0.577. The zero-order valence-electron chi connectivity index (χ0n) is 12.9. The van der Waals surface area contributed by atoms with Crippen molar-refractivity contribution in [3.63, 3.8) is 0 Å². The summed E-state index contributed by atoms with van der Waals surface area (Å²) >= 11 is 2.74. The summed E-state index contributed by atoms with van der Waals surface area (Å²) < 4.78 is 10.9. The van der Waals surface area contributed by atoms with Crippen molar-refractivity contribution in [1.82, 2.24) is 10.2 Å². The minimum absolute atomic E-state index is 0.286. The van der Waals surface area contributed by atoms with Crippen LogP contribution in [-0.4, -0.2) is 22.2 Å². The molecule has 0 bridgehead atoms. The second-order valence-corrected chi connectivity index (χ2v) is 6.71. The molecular weight excluding hydrogens is 364 g/mol. The number of furan rings is 1. The molecule has 0 saturated heterocycles. The highest BCUT2D eigenvalue weighted by Crippen LogP contribution is 2.29. The third kappa shape index (κ3) is 4.58. The van der Waals surface area contributed by atoms with Crippen LogP contribution < -0.4 is 10.1 Å². The lowest BCUT2D eigenvalue weighted by molar-refractivity contribution is -0.402. The number of anilines is 2. The van der Waals surface area contributed by atoms with Gasteiger partial charge in [0.1, 0.15) is 16.4 Å². The Kier molecular flexibility index (Phi) is 5.31. The standard InChI is InChI=1S/C15H12N4O4S2/c1-22-11-4-2-10(3-5-11)16-14-17-18-15(25-14)24-9-8-12-6-7-13(23-12)19(20)21/h2-9H,1H3,(H,16,17)/b9-8+. The van der Waals surface area contributed by atoms with Gasteiger partial charge in [0.25, 0.3) is 0 Å². The summed E-state index contributed by atoms with van der Waals surface area (Å²) in [6.45, 7) is 0. The molecule has 0 aliphatic heterocycles. The number of nitrogens with one attached hydrogen (secondary N) is 1. The van der Waals surface area contributed by atoms with E-state index in [0.29, 0.717) is 10.9 Å². The van der Waals surface area contributed by atoms with E-state index in [4.69, 9.17) is 9.15 Å². The molecule has 0 fully saturated rings. The van der Waals surface area contributed by atoms with Crippen LogP contribution in [0.2, 0.25) is 0 Å². The molecule has 2 aromatic heterocycles. The first-order chi connectivity index (χ1) is 12.1. The van der Waals surface area contributed by atoms with Crippen LogP contribution in [0.25, 0.3) is 6.08 Å².